The number of sulfonamides is 1. The normalized spacial score (nSPS) is 14.8. The van der Waals surface area contributed by atoms with Gasteiger partial charge in [0.25, 0.3) is 10.0 Å². The monoisotopic (exact) mass is 286 g/mol. The summed E-state index contributed by atoms with van der Waals surface area (Å²) in [5.74, 6) is 0. The Hall–Kier alpha value is -0.920. The Morgan fingerprint density at radius 3 is 2.94 bits per heavy atom. The highest BCUT2D eigenvalue weighted by atomic mass is 32.2. The molecule has 17 heavy (non-hydrogen) atoms. The van der Waals surface area contributed by atoms with E-state index in [1.807, 2.05) is 0 Å². The zero-order valence-electron chi connectivity index (χ0n) is 8.84. The molecule has 7 heteroatoms. The van der Waals surface area contributed by atoms with Crippen molar-refractivity contribution in [3.63, 3.8) is 0 Å². The van der Waals surface area contributed by atoms with Crippen LogP contribution in [0.4, 0.5) is 5.13 Å². The molecule has 0 aromatic carbocycles. The summed E-state index contributed by atoms with van der Waals surface area (Å²) in [6, 6.07) is 3.31. The fourth-order valence-electron chi connectivity index (χ4n) is 1.82. The lowest BCUT2D eigenvalue weighted by atomic mass is 10.4. The molecule has 90 valence electrons. The molecular formula is C10H10N2O2S3. The molecule has 0 saturated carbocycles. The number of thiazole rings is 1. The first-order valence-electron chi connectivity index (χ1n) is 5.20. The maximum atomic E-state index is 12.0. The first-order chi connectivity index (χ1) is 8.15. The summed E-state index contributed by atoms with van der Waals surface area (Å²) in [5, 5.41) is 2.24. The van der Waals surface area contributed by atoms with Crippen LogP contribution in [0.1, 0.15) is 17.0 Å². The van der Waals surface area contributed by atoms with Crippen molar-refractivity contribution >= 4 is 37.8 Å². The molecule has 2 aromatic rings. The number of rotatable bonds is 3. The first-order valence-corrected chi connectivity index (χ1v) is 8.38. The Morgan fingerprint density at radius 1 is 1.35 bits per heavy atom. The van der Waals surface area contributed by atoms with Crippen LogP contribution < -0.4 is 4.72 Å². The standard InChI is InChI=1S/C10H10N2O2S3/c13-17(14,9-5-2-6-15-9)12-10-11-7-3-1-4-8(7)16-10/h2,5-6H,1,3-4H2,(H,11,12). The second kappa shape index (κ2) is 4.08. The van der Waals surface area contributed by atoms with E-state index in [0.29, 0.717) is 9.34 Å². The van der Waals surface area contributed by atoms with E-state index in [1.54, 1.807) is 17.5 Å². The van der Waals surface area contributed by atoms with Gasteiger partial charge in [-0.1, -0.05) is 6.07 Å². The van der Waals surface area contributed by atoms with Gasteiger partial charge in [0.2, 0.25) is 0 Å². The number of hydrogen-bond donors (Lipinski definition) is 1. The summed E-state index contributed by atoms with van der Waals surface area (Å²) in [6.07, 6.45) is 3.12. The van der Waals surface area contributed by atoms with E-state index in [-0.39, 0.29) is 0 Å². The molecule has 0 spiro atoms. The molecule has 0 fully saturated rings. The Bertz CT molecular complexity index is 607. The lowest BCUT2D eigenvalue weighted by Gasteiger charge is -2.01. The molecule has 0 amide bonds. The van der Waals surface area contributed by atoms with Gasteiger partial charge < -0.3 is 0 Å². The van der Waals surface area contributed by atoms with Crippen molar-refractivity contribution in [3.8, 4) is 0 Å². The summed E-state index contributed by atoms with van der Waals surface area (Å²) in [7, 11) is -3.44. The lowest BCUT2D eigenvalue weighted by molar-refractivity contribution is 0.603. The molecule has 1 aliphatic rings. The van der Waals surface area contributed by atoms with Crippen LogP contribution in [0, 0.1) is 0 Å². The smallest absolute Gasteiger partial charge is 0.254 e. The van der Waals surface area contributed by atoms with Gasteiger partial charge >= 0.3 is 0 Å². The second-order valence-electron chi connectivity index (χ2n) is 3.78. The van der Waals surface area contributed by atoms with Gasteiger partial charge in [-0.25, -0.2) is 13.4 Å². The number of fused-ring (bicyclic) bond motifs is 1. The summed E-state index contributed by atoms with van der Waals surface area (Å²) >= 11 is 2.66. The number of anilines is 1. The predicted molar refractivity (Wildman–Crippen MR) is 69.3 cm³/mol. The summed E-state index contributed by atoms with van der Waals surface area (Å²) < 4.78 is 26.8. The molecule has 0 aliphatic heterocycles. The molecule has 1 aliphatic carbocycles. The SMILES string of the molecule is O=S(=O)(Nc1nc2c(s1)CCC2)c1cccs1. The maximum absolute atomic E-state index is 12.0. The highest BCUT2D eigenvalue weighted by Crippen LogP contribution is 2.31. The number of nitrogens with one attached hydrogen (secondary N) is 1. The van der Waals surface area contributed by atoms with Crippen LogP contribution in [0.15, 0.2) is 21.7 Å². The minimum Gasteiger partial charge on any atom is -0.254 e. The van der Waals surface area contributed by atoms with Crippen LogP contribution in [0.3, 0.4) is 0 Å². The fraction of sp³-hybridized carbons (Fsp3) is 0.300. The van der Waals surface area contributed by atoms with E-state index >= 15 is 0 Å². The number of hydrogen-bond acceptors (Lipinski definition) is 5. The van der Waals surface area contributed by atoms with Crippen molar-refractivity contribution in [3.05, 3.63) is 28.1 Å². The van der Waals surface area contributed by atoms with E-state index in [2.05, 4.69) is 9.71 Å². The number of aryl methyl sites for hydroxylation is 2. The third-order valence-corrected chi connectivity index (χ3v) is 6.52. The Morgan fingerprint density at radius 2 is 2.24 bits per heavy atom. The summed E-state index contributed by atoms with van der Waals surface area (Å²) in [6.45, 7) is 0. The van der Waals surface area contributed by atoms with Crippen molar-refractivity contribution in [2.75, 3.05) is 4.72 Å². The van der Waals surface area contributed by atoms with E-state index in [0.717, 1.165) is 25.0 Å². The molecule has 0 saturated heterocycles. The van der Waals surface area contributed by atoms with Crippen molar-refractivity contribution in [1.29, 1.82) is 0 Å². The third kappa shape index (κ3) is 2.10. The molecule has 4 nitrogen and oxygen atoms in total. The van der Waals surface area contributed by atoms with E-state index in [9.17, 15) is 8.42 Å². The van der Waals surface area contributed by atoms with Gasteiger partial charge in [-0.15, -0.1) is 22.7 Å². The highest BCUT2D eigenvalue weighted by molar-refractivity contribution is 7.94. The number of aromatic nitrogens is 1. The Balaban J connectivity index is 1.87. The van der Waals surface area contributed by atoms with Gasteiger partial charge in [0.05, 0.1) is 5.69 Å². The molecule has 0 bridgehead atoms. The lowest BCUT2D eigenvalue weighted by Crippen LogP contribution is -2.11. The van der Waals surface area contributed by atoms with E-state index < -0.39 is 10.0 Å². The van der Waals surface area contributed by atoms with Crippen molar-refractivity contribution in [2.45, 2.75) is 23.5 Å². The molecule has 0 unspecified atom stereocenters. The molecule has 2 aromatic heterocycles. The largest absolute Gasteiger partial charge is 0.273 e. The Labute approximate surface area is 107 Å². The third-order valence-electron chi connectivity index (χ3n) is 2.58. The predicted octanol–water partition coefficient (Wildman–Crippen LogP) is 2.49. The Kier molecular flexibility index (Phi) is 2.68. The van der Waals surface area contributed by atoms with E-state index in [4.69, 9.17) is 0 Å². The van der Waals surface area contributed by atoms with Gasteiger partial charge in [-0.3, -0.25) is 4.72 Å². The van der Waals surface area contributed by atoms with Gasteiger partial charge in [-0.05, 0) is 30.7 Å². The maximum Gasteiger partial charge on any atom is 0.273 e. The zero-order valence-corrected chi connectivity index (χ0v) is 11.3. The van der Waals surface area contributed by atoms with E-state index in [1.165, 1.54) is 27.6 Å². The van der Waals surface area contributed by atoms with Crippen molar-refractivity contribution in [2.24, 2.45) is 0 Å². The number of nitrogens with zero attached hydrogens (tertiary/aromatic N) is 1. The fourth-order valence-corrected chi connectivity index (χ4v) is 5.09. The molecular weight excluding hydrogens is 276 g/mol. The minimum absolute atomic E-state index is 0.327. The average molecular weight is 286 g/mol. The average Bonchev–Trinajstić information content (AvgIpc) is 2.90. The van der Waals surface area contributed by atoms with Crippen LogP contribution in [0.2, 0.25) is 0 Å². The van der Waals surface area contributed by atoms with Crippen LogP contribution >= 0.6 is 22.7 Å². The van der Waals surface area contributed by atoms with Gasteiger partial charge in [0, 0.05) is 4.88 Å². The van der Waals surface area contributed by atoms with Crippen LogP contribution in [-0.4, -0.2) is 13.4 Å². The topological polar surface area (TPSA) is 59.1 Å². The zero-order chi connectivity index (χ0) is 11.9. The van der Waals surface area contributed by atoms with Crippen LogP contribution in [-0.2, 0) is 22.9 Å². The molecule has 3 rings (SSSR count). The molecule has 2 heterocycles. The number of thiophene rings is 1. The van der Waals surface area contributed by atoms with Crippen LogP contribution in [0.5, 0.6) is 0 Å². The first kappa shape index (κ1) is 11.2. The summed E-state index contributed by atoms with van der Waals surface area (Å²) in [5.41, 5.74) is 1.05. The van der Waals surface area contributed by atoms with Gasteiger partial charge in [0.15, 0.2) is 5.13 Å². The molecule has 1 N–H and O–H groups in total. The van der Waals surface area contributed by atoms with Gasteiger partial charge in [0.1, 0.15) is 4.21 Å². The van der Waals surface area contributed by atoms with Gasteiger partial charge in [-0.2, -0.15) is 0 Å². The molecule has 0 radical (unpaired) electrons. The summed E-state index contributed by atoms with van der Waals surface area (Å²) in [4.78, 5) is 5.54. The second-order valence-corrected chi connectivity index (χ2v) is 7.72. The quantitative estimate of drug-likeness (QED) is 0.943. The van der Waals surface area contributed by atoms with Crippen molar-refractivity contribution < 1.29 is 8.42 Å². The van der Waals surface area contributed by atoms with Crippen LogP contribution in [0.25, 0.3) is 0 Å². The highest BCUT2D eigenvalue weighted by Gasteiger charge is 2.21. The van der Waals surface area contributed by atoms with Crippen molar-refractivity contribution in [1.82, 2.24) is 4.98 Å². The minimum atomic E-state index is -3.44. The molecule has 0 atom stereocenters.